The van der Waals surface area contributed by atoms with E-state index in [1.165, 1.54) is 5.56 Å². The van der Waals surface area contributed by atoms with Crippen molar-refractivity contribution in [3.8, 4) is 0 Å². The largest absolute Gasteiger partial charge is 0.544 e. The summed E-state index contributed by atoms with van der Waals surface area (Å²) in [5.41, 5.74) is 3.59. The van der Waals surface area contributed by atoms with Gasteiger partial charge in [0.2, 0.25) is 0 Å². The van der Waals surface area contributed by atoms with Crippen LogP contribution in [-0.2, 0) is 17.9 Å². The molecule has 1 unspecified atom stereocenters. The van der Waals surface area contributed by atoms with Crippen molar-refractivity contribution < 1.29 is 14.8 Å². The topological polar surface area (TPSA) is 44.6 Å². The average molecular weight is 297 g/mol. The van der Waals surface area contributed by atoms with E-state index in [4.69, 9.17) is 0 Å². The minimum atomic E-state index is -1.01. The van der Waals surface area contributed by atoms with Gasteiger partial charge >= 0.3 is 0 Å². The summed E-state index contributed by atoms with van der Waals surface area (Å²) in [5, 5.41) is 11.0. The number of carbonyl (C=O) groups is 1. The van der Waals surface area contributed by atoms with Gasteiger partial charge in [0, 0.05) is 11.1 Å². The summed E-state index contributed by atoms with van der Waals surface area (Å²) in [6.45, 7) is 5.71. The molecule has 3 heteroatoms. The van der Waals surface area contributed by atoms with Gasteiger partial charge in [-0.3, -0.25) is 0 Å². The minimum Gasteiger partial charge on any atom is -0.544 e. The Hall–Kier alpha value is -2.13. The number of hydrogen-bond acceptors (Lipinski definition) is 2. The highest BCUT2D eigenvalue weighted by molar-refractivity contribution is 5.65. The normalized spacial score (nSPS) is 12.3. The molecule has 2 aromatic carbocycles. The van der Waals surface area contributed by atoms with Crippen LogP contribution in [0.5, 0.6) is 0 Å². The fourth-order valence-electron chi connectivity index (χ4n) is 2.59. The van der Waals surface area contributed by atoms with Crippen LogP contribution >= 0.6 is 0 Å². The molecule has 0 aliphatic heterocycles. The van der Waals surface area contributed by atoms with Gasteiger partial charge in [-0.25, -0.2) is 0 Å². The molecule has 0 radical (unpaired) electrons. The van der Waals surface area contributed by atoms with Gasteiger partial charge in [-0.2, -0.15) is 0 Å². The first-order valence-corrected chi connectivity index (χ1v) is 7.70. The van der Waals surface area contributed by atoms with Crippen LogP contribution in [0, 0.1) is 0 Å². The molecule has 0 saturated heterocycles. The van der Waals surface area contributed by atoms with Crippen molar-refractivity contribution in [2.45, 2.75) is 32.9 Å². The first kappa shape index (κ1) is 16.2. The predicted octanol–water partition coefficient (Wildman–Crippen LogP) is 1.15. The molecule has 1 N–H and O–H groups in total. The van der Waals surface area contributed by atoms with Gasteiger partial charge in [0.15, 0.2) is 0 Å². The van der Waals surface area contributed by atoms with Crippen molar-refractivity contribution in [2.75, 3.05) is 6.54 Å². The standard InChI is InChI=1S/C19H23NO2/c1-15(2)18-10-8-17(9-11-18)13-20(14-19(21)22)12-16-6-4-3-5-7-16/h3-11,15H,12-14H2,1-2H3,(H,21,22). The first-order chi connectivity index (χ1) is 10.5. The maximum Gasteiger partial charge on any atom is 0.118 e. The van der Waals surface area contributed by atoms with Crippen LogP contribution in [0.25, 0.3) is 0 Å². The zero-order valence-electron chi connectivity index (χ0n) is 13.2. The van der Waals surface area contributed by atoms with Crippen LogP contribution in [0.3, 0.4) is 0 Å². The van der Waals surface area contributed by atoms with Crippen LogP contribution in [0.2, 0.25) is 0 Å². The highest BCUT2D eigenvalue weighted by atomic mass is 16.4. The number of hydrogen-bond donors (Lipinski definition) is 1. The van der Waals surface area contributed by atoms with E-state index in [1.54, 1.807) is 0 Å². The molecule has 0 amide bonds. The summed E-state index contributed by atoms with van der Waals surface area (Å²) in [4.78, 5) is 12.0. The van der Waals surface area contributed by atoms with Crippen LogP contribution < -0.4 is 10.0 Å². The molecule has 0 bridgehead atoms. The molecule has 0 fully saturated rings. The Bertz CT molecular complexity index is 591. The summed E-state index contributed by atoms with van der Waals surface area (Å²) >= 11 is 0. The fourth-order valence-corrected chi connectivity index (χ4v) is 2.59. The van der Waals surface area contributed by atoms with E-state index in [0.717, 1.165) is 16.0 Å². The number of benzene rings is 2. The maximum atomic E-state index is 11.0. The van der Waals surface area contributed by atoms with Gasteiger partial charge in [-0.05, 0) is 11.5 Å². The lowest BCUT2D eigenvalue weighted by atomic mass is 10.0. The third-order valence-corrected chi connectivity index (χ3v) is 3.79. The highest BCUT2D eigenvalue weighted by Crippen LogP contribution is 2.14. The lowest BCUT2D eigenvalue weighted by Crippen LogP contribution is -3.10. The molecular weight excluding hydrogens is 274 g/mol. The van der Waals surface area contributed by atoms with Gasteiger partial charge < -0.3 is 14.8 Å². The molecule has 2 rings (SSSR count). The average Bonchev–Trinajstić information content (AvgIpc) is 2.48. The van der Waals surface area contributed by atoms with E-state index in [2.05, 4.69) is 38.1 Å². The molecule has 116 valence electrons. The van der Waals surface area contributed by atoms with Crippen molar-refractivity contribution in [1.82, 2.24) is 0 Å². The zero-order valence-corrected chi connectivity index (χ0v) is 13.2. The SMILES string of the molecule is CC(C)c1ccc(C[NH+](CC(=O)[O-])Cc2ccccc2)cc1. The minimum absolute atomic E-state index is 0.0147. The van der Waals surface area contributed by atoms with Gasteiger partial charge in [-0.1, -0.05) is 68.4 Å². The molecule has 1 atom stereocenters. The quantitative estimate of drug-likeness (QED) is 0.833. The number of quaternary nitrogens is 1. The lowest BCUT2D eigenvalue weighted by molar-refractivity contribution is -0.922. The van der Waals surface area contributed by atoms with Gasteiger partial charge in [0.05, 0.1) is 5.97 Å². The van der Waals surface area contributed by atoms with Crippen molar-refractivity contribution >= 4 is 5.97 Å². The number of nitrogens with one attached hydrogen (secondary N) is 1. The van der Waals surface area contributed by atoms with E-state index in [-0.39, 0.29) is 6.54 Å². The highest BCUT2D eigenvalue weighted by Gasteiger charge is 2.11. The van der Waals surface area contributed by atoms with Crippen LogP contribution in [0.1, 0.15) is 36.5 Å². The maximum absolute atomic E-state index is 11.0. The first-order valence-electron chi connectivity index (χ1n) is 7.70. The second-order valence-electron chi connectivity index (χ2n) is 6.03. The second kappa shape index (κ2) is 7.76. The predicted molar refractivity (Wildman–Crippen MR) is 85.2 cm³/mol. The van der Waals surface area contributed by atoms with E-state index >= 15 is 0 Å². The lowest BCUT2D eigenvalue weighted by Gasteiger charge is -2.20. The molecule has 22 heavy (non-hydrogen) atoms. The Labute approximate surface area is 132 Å². The molecule has 3 nitrogen and oxygen atoms in total. The molecule has 0 saturated carbocycles. The second-order valence-corrected chi connectivity index (χ2v) is 6.03. The molecule has 2 aromatic rings. The Morgan fingerprint density at radius 3 is 2.00 bits per heavy atom. The van der Waals surface area contributed by atoms with Crippen LogP contribution in [0.4, 0.5) is 0 Å². The molecule has 0 spiro atoms. The Morgan fingerprint density at radius 1 is 0.955 bits per heavy atom. The summed E-state index contributed by atoms with van der Waals surface area (Å²) in [5.74, 6) is -0.505. The molecule has 0 aromatic heterocycles. The molecule has 0 heterocycles. The molecular formula is C19H23NO2. The summed E-state index contributed by atoms with van der Waals surface area (Å²) in [7, 11) is 0. The van der Waals surface area contributed by atoms with E-state index < -0.39 is 5.97 Å². The number of carbonyl (C=O) groups excluding carboxylic acids is 1. The number of rotatable bonds is 7. The van der Waals surface area contributed by atoms with Crippen molar-refractivity contribution in [1.29, 1.82) is 0 Å². The summed E-state index contributed by atoms with van der Waals surface area (Å²) in [6.07, 6.45) is 0. The molecule has 0 aliphatic rings. The Balaban J connectivity index is 2.07. The van der Waals surface area contributed by atoms with E-state index in [1.807, 2.05) is 30.3 Å². The third kappa shape index (κ3) is 5.01. The number of carboxylic acids is 1. The number of aliphatic carboxylic acids is 1. The van der Waals surface area contributed by atoms with Gasteiger partial charge in [0.25, 0.3) is 0 Å². The summed E-state index contributed by atoms with van der Waals surface area (Å²) in [6, 6.07) is 18.4. The Kier molecular flexibility index (Phi) is 5.73. The van der Waals surface area contributed by atoms with Gasteiger partial charge in [-0.15, -0.1) is 0 Å². The smallest absolute Gasteiger partial charge is 0.118 e. The Morgan fingerprint density at radius 2 is 1.50 bits per heavy atom. The van der Waals surface area contributed by atoms with E-state index in [9.17, 15) is 9.90 Å². The van der Waals surface area contributed by atoms with Crippen molar-refractivity contribution in [3.63, 3.8) is 0 Å². The van der Waals surface area contributed by atoms with Crippen LogP contribution in [-0.4, -0.2) is 12.5 Å². The number of carboxylic acid groups (broad SMARTS) is 1. The van der Waals surface area contributed by atoms with Crippen LogP contribution in [0.15, 0.2) is 54.6 Å². The fraction of sp³-hybridized carbons (Fsp3) is 0.316. The van der Waals surface area contributed by atoms with E-state index in [0.29, 0.717) is 19.0 Å². The summed E-state index contributed by atoms with van der Waals surface area (Å²) < 4.78 is 0. The van der Waals surface area contributed by atoms with Crippen molar-refractivity contribution in [3.05, 3.63) is 71.3 Å². The zero-order chi connectivity index (χ0) is 15.9. The van der Waals surface area contributed by atoms with Crippen molar-refractivity contribution in [2.24, 2.45) is 0 Å². The monoisotopic (exact) mass is 297 g/mol. The molecule has 0 aliphatic carbocycles. The van der Waals surface area contributed by atoms with Gasteiger partial charge in [0.1, 0.15) is 19.6 Å². The third-order valence-electron chi connectivity index (χ3n) is 3.79.